The molecule has 1 saturated heterocycles. The number of carbonyl (C=O) groups is 1. The van der Waals surface area contributed by atoms with Gasteiger partial charge in [0.15, 0.2) is 0 Å². The molecule has 0 spiro atoms. The average Bonchev–Trinajstić information content (AvgIpc) is 3.10. The molecule has 142 valence electrons. The lowest BCUT2D eigenvalue weighted by Crippen LogP contribution is -2.49. The number of nitrogens with zero attached hydrogens (tertiary/aromatic N) is 4. The first-order chi connectivity index (χ1) is 13.6. The highest BCUT2D eigenvalue weighted by molar-refractivity contribution is 5.95. The molecular formula is C22H22N4O2. The van der Waals surface area contributed by atoms with Crippen molar-refractivity contribution in [1.82, 2.24) is 19.2 Å². The summed E-state index contributed by atoms with van der Waals surface area (Å²) in [4.78, 5) is 27.4. The largest absolute Gasteiger partial charge is 0.338 e. The number of rotatable bonds is 2. The summed E-state index contributed by atoms with van der Waals surface area (Å²) in [6.45, 7) is 3.96. The predicted octanol–water partition coefficient (Wildman–Crippen LogP) is 2.60. The third kappa shape index (κ3) is 2.68. The number of hydrogen-bond acceptors (Lipinski definition) is 3. The smallest absolute Gasteiger partial charge is 0.257 e. The van der Waals surface area contributed by atoms with Crippen molar-refractivity contribution in [2.45, 2.75) is 25.8 Å². The van der Waals surface area contributed by atoms with Crippen molar-refractivity contribution < 1.29 is 4.79 Å². The Balaban J connectivity index is 1.43. The minimum atomic E-state index is 0.0288. The maximum Gasteiger partial charge on any atom is 0.257 e. The number of hydrogen-bond donors (Lipinski definition) is 0. The molecule has 28 heavy (non-hydrogen) atoms. The van der Waals surface area contributed by atoms with Gasteiger partial charge in [-0.2, -0.15) is 5.10 Å². The molecule has 1 fully saturated rings. The topological polar surface area (TPSA) is 60.1 Å². The Morgan fingerprint density at radius 2 is 1.86 bits per heavy atom. The first kappa shape index (κ1) is 17.0. The van der Waals surface area contributed by atoms with E-state index in [1.54, 1.807) is 12.3 Å². The number of benzene rings is 1. The Hall–Kier alpha value is -3.15. The normalized spacial score (nSPS) is 20.7. The number of amides is 1. The summed E-state index contributed by atoms with van der Waals surface area (Å²) in [6, 6.07) is 15.3. The Morgan fingerprint density at radius 3 is 2.68 bits per heavy atom. The zero-order valence-corrected chi connectivity index (χ0v) is 15.8. The highest BCUT2D eigenvalue weighted by Gasteiger charge is 2.37. The van der Waals surface area contributed by atoms with Crippen LogP contribution in [0.5, 0.6) is 0 Å². The van der Waals surface area contributed by atoms with Crippen LogP contribution in [0.15, 0.2) is 59.5 Å². The van der Waals surface area contributed by atoms with Crippen molar-refractivity contribution >= 4 is 5.91 Å². The van der Waals surface area contributed by atoms with Gasteiger partial charge in [0.2, 0.25) is 0 Å². The van der Waals surface area contributed by atoms with Crippen molar-refractivity contribution in [1.29, 1.82) is 0 Å². The van der Waals surface area contributed by atoms with Gasteiger partial charge in [-0.1, -0.05) is 24.3 Å². The minimum Gasteiger partial charge on any atom is -0.338 e. The predicted molar refractivity (Wildman–Crippen MR) is 106 cm³/mol. The van der Waals surface area contributed by atoms with Crippen molar-refractivity contribution in [3.63, 3.8) is 0 Å². The molecule has 0 radical (unpaired) electrons. The van der Waals surface area contributed by atoms with Crippen LogP contribution in [0.2, 0.25) is 0 Å². The number of para-hydroxylation sites is 1. The second-order valence-electron chi connectivity index (χ2n) is 7.80. The molecule has 2 atom stereocenters. The molecule has 2 aromatic heterocycles. The lowest BCUT2D eigenvalue weighted by atomic mass is 9.83. The zero-order chi connectivity index (χ0) is 19.3. The van der Waals surface area contributed by atoms with E-state index in [1.165, 1.54) is 0 Å². The quantitative estimate of drug-likeness (QED) is 0.693. The molecule has 2 aliphatic rings. The van der Waals surface area contributed by atoms with E-state index in [0.29, 0.717) is 31.1 Å². The van der Waals surface area contributed by atoms with Crippen molar-refractivity contribution in [3.05, 3.63) is 82.0 Å². The third-order valence-electron chi connectivity index (χ3n) is 6.01. The molecule has 2 bridgehead atoms. The first-order valence-corrected chi connectivity index (χ1v) is 9.71. The van der Waals surface area contributed by atoms with E-state index in [-0.39, 0.29) is 17.4 Å². The highest BCUT2D eigenvalue weighted by Crippen LogP contribution is 2.35. The number of carbonyl (C=O) groups excluding carboxylic acids is 1. The van der Waals surface area contributed by atoms with Crippen LogP contribution in [-0.2, 0) is 6.54 Å². The molecule has 0 aliphatic carbocycles. The molecule has 5 rings (SSSR count). The summed E-state index contributed by atoms with van der Waals surface area (Å²) >= 11 is 0. The number of fused-ring (bicyclic) bond motifs is 4. The van der Waals surface area contributed by atoms with Crippen molar-refractivity contribution in [2.75, 3.05) is 13.1 Å². The standard InChI is InChI=1S/C22H22N4O2/c1-15-19(11-23-26(15)18-6-3-2-4-7-18)22(28)24-12-16-10-17(14-24)20-8-5-9-21(27)25(20)13-16/h2-9,11,16-17H,10,12-14H2,1H3/t16-,17+/m1/s1. The Bertz CT molecular complexity index is 1100. The van der Waals surface area contributed by atoms with Gasteiger partial charge in [-0.25, -0.2) is 4.68 Å². The van der Waals surface area contributed by atoms with Gasteiger partial charge in [-0.3, -0.25) is 9.59 Å². The summed E-state index contributed by atoms with van der Waals surface area (Å²) in [5.41, 5.74) is 3.56. The highest BCUT2D eigenvalue weighted by atomic mass is 16.2. The van der Waals surface area contributed by atoms with E-state index >= 15 is 0 Å². The molecule has 2 aliphatic heterocycles. The average molecular weight is 374 g/mol. The third-order valence-corrected chi connectivity index (χ3v) is 6.01. The van der Waals surface area contributed by atoms with Gasteiger partial charge in [0.1, 0.15) is 0 Å². The van der Waals surface area contributed by atoms with Crippen LogP contribution in [0.3, 0.4) is 0 Å². The SMILES string of the molecule is Cc1c(C(=O)N2C[C@H]3C[C@@H](C2)c2cccc(=O)n2C3)cnn1-c1ccccc1. The summed E-state index contributed by atoms with van der Waals surface area (Å²) in [6.07, 6.45) is 2.71. The van der Waals surface area contributed by atoms with E-state index in [4.69, 9.17) is 0 Å². The van der Waals surface area contributed by atoms with Crippen LogP contribution in [-0.4, -0.2) is 38.2 Å². The molecule has 0 unspecified atom stereocenters. The van der Waals surface area contributed by atoms with E-state index < -0.39 is 0 Å². The molecule has 1 amide bonds. The molecule has 1 aromatic carbocycles. The fourth-order valence-corrected chi connectivity index (χ4v) is 4.68. The number of aromatic nitrogens is 3. The van der Waals surface area contributed by atoms with Gasteiger partial charge in [0, 0.05) is 37.3 Å². The lowest BCUT2D eigenvalue weighted by Gasteiger charge is -2.42. The maximum absolute atomic E-state index is 13.3. The van der Waals surface area contributed by atoms with E-state index in [0.717, 1.165) is 23.5 Å². The van der Waals surface area contributed by atoms with E-state index in [2.05, 4.69) is 5.10 Å². The maximum atomic E-state index is 13.3. The second kappa shape index (κ2) is 6.48. The van der Waals surface area contributed by atoms with Gasteiger partial charge in [-0.15, -0.1) is 0 Å². The number of piperidine rings is 1. The van der Waals surface area contributed by atoms with Crippen LogP contribution in [0.1, 0.15) is 34.1 Å². The monoisotopic (exact) mass is 374 g/mol. The van der Waals surface area contributed by atoms with Crippen molar-refractivity contribution in [3.8, 4) is 5.69 Å². The van der Waals surface area contributed by atoms with E-state index in [9.17, 15) is 9.59 Å². The van der Waals surface area contributed by atoms with Crippen LogP contribution in [0.4, 0.5) is 0 Å². The van der Waals surface area contributed by atoms with Gasteiger partial charge < -0.3 is 9.47 Å². The first-order valence-electron chi connectivity index (χ1n) is 9.71. The Morgan fingerprint density at radius 1 is 1.04 bits per heavy atom. The summed E-state index contributed by atoms with van der Waals surface area (Å²) in [5.74, 6) is 0.565. The molecule has 6 nitrogen and oxygen atoms in total. The molecule has 6 heteroatoms. The second-order valence-corrected chi connectivity index (χ2v) is 7.80. The molecule has 4 heterocycles. The van der Waals surface area contributed by atoms with Crippen LogP contribution < -0.4 is 5.56 Å². The lowest BCUT2D eigenvalue weighted by molar-refractivity contribution is 0.0594. The molecule has 0 saturated carbocycles. The fraction of sp³-hybridized carbons (Fsp3) is 0.318. The Kier molecular flexibility index (Phi) is 3.93. The molecule has 0 N–H and O–H groups in total. The summed E-state index contributed by atoms with van der Waals surface area (Å²) < 4.78 is 3.70. The fourth-order valence-electron chi connectivity index (χ4n) is 4.68. The van der Waals surface area contributed by atoms with Gasteiger partial charge in [0.05, 0.1) is 23.1 Å². The van der Waals surface area contributed by atoms with Crippen molar-refractivity contribution in [2.24, 2.45) is 5.92 Å². The van der Waals surface area contributed by atoms with Gasteiger partial charge in [-0.05, 0) is 37.5 Å². The summed E-state index contributed by atoms with van der Waals surface area (Å²) in [5, 5.41) is 4.45. The number of likely N-dealkylation sites (tertiary alicyclic amines) is 1. The van der Waals surface area contributed by atoms with Crippen LogP contribution >= 0.6 is 0 Å². The van der Waals surface area contributed by atoms with Crippen LogP contribution in [0.25, 0.3) is 5.69 Å². The molecular weight excluding hydrogens is 352 g/mol. The zero-order valence-electron chi connectivity index (χ0n) is 15.8. The Labute approximate surface area is 163 Å². The number of pyridine rings is 1. The van der Waals surface area contributed by atoms with E-state index in [1.807, 2.05) is 63.5 Å². The van der Waals surface area contributed by atoms with Gasteiger partial charge >= 0.3 is 0 Å². The molecule has 3 aromatic rings. The minimum absolute atomic E-state index is 0.0288. The van der Waals surface area contributed by atoms with Gasteiger partial charge in [0.25, 0.3) is 11.5 Å². The summed E-state index contributed by atoms with van der Waals surface area (Å²) in [7, 11) is 0. The van der Waals surface area contributed by atoms with Crippen LogP contribution in [0, 0.1) is 12.8 Å².